The zero-order valence-corrected chi connectivity index (χ0v) is 9.95. The highest BCUT2D eigenvalue weighted by Gasteiger charge is 2.02. The number of carboxylic acids is 1. The largest absolute Gasteiger partial charge is 0.478 e. The van der Waals surface area contributed by atoms with Gasteiger partial charge in [-0.3, -0.25) is 0 Å². The molecule has 0 amide bonds. The maximum Gasteiger partial charge on any atom is 0.328 e. The molecule has 1 aromatic carbocycles. The van der Waals surface area contributed by atoms with Crippen LogP contribution in [0.2, 0.25) is 0 Å². The minimum atomic E-state index is -1.05. The zero-order chi connectivity index (χ0) is 13.7. The minimum Gasteiger partial charge on any atom is -0.478 e. The van der Waals surface area contributed by atoms with E-state index in [2.05, 4.69) is 15.3 Å². The number of hydrogen-bond acceptors (Lipinski definition) is 5. The number of carboxylic acid groups (broad SMARTS) is 1. The Kier molecular flexibility index (Phi) is 3.72. The molecule has 2 aromatic rings. The van der Waals surface area contributed by atoms with E-state index in [1.165, 1.54) is 12.3 Å². The number of nitrogens with one attached hydrogen (secondary N) is 1. The molecule has 6 nitrogen and oxygen atoms in total. The van der Waals surface area contributed by atoms with Crippen LogP contribution >= 0.6 is 0 Å². The van der Waals surface area contributed by atoms with E-state index in [0.717, 1.165) is 11.8 Å². The van der Waals surface area contributed by atoms with E-state index in [4.69, 9.17) is 10.8 Å². The first-order valence-corrected chi connectivity index (χ1v) is 5.51. The molecule has 0 fully saturated rings. The predicted molar refractivity (Wildman–Crippen MR) is 72.8 cm³/mol. The van der Waals surface area contributed by atoms with Crippen LogP contribution in [-0.2, 0) is 4.79 Å². The van der Waals surface area contributed by atoms with Gasteiger partial charge in [-0.15, -0.1) is 0 Å². The maximum atomic E-state index is 10.4. The summed E-state index contributed by atoms with van der Waals surface area (Å²) in [6, 6.07) is 9.42. The van der Waals surface area contributed by atoms with Crippen molar-refractivity contribution in [3.8, 4) is 0 Å². The van der Waals surface area contributed by atoms with Crippen LogP contribution in [0.15, 0.2) is 42.6 Å². The van der Waals surface area contributed by atoms with E-state index in [0.29, 0.717) is 11.5 Å². The molecule has 19 heavy (non-hydrogen) atoms. The SMILES string of the molecule is Nc1nc(Nc2ccccc2)ncc1/C=C/C(=O)O. The first-order valence-electron chi connectivity index (χ1n) is 5.51. The van der Waals surface area contributed by atoms with E-state index in [1.807, 2.05) is 30.3 Å². The monoisotopic (exact) mass is 256 g/mol. The third-order valence-corrected chi connectivity index (χ3v) is 2.28. The van der Waals surface area contributed by atoms with E-state index < -0.39 is 5.97 Å². The summed E-state index contributed by atoms with van der Waals surface area (Å²) in [6.07, 6.45) is 3.80. The lowest BCUT2D eigenvalue weighted by atomic mass is 10.3. The lowest BCUT2D eigenvalue weighted by molar-refractivity contribution is -0.131. The summed E-state index contributed by atoms with van der Waals surface area (Å²) in [5, 5.41) is 11.5. The summed E-state index contributed by atoms with van der Waals surface area (Å²) >= 11 is 0. The van der Waals surface area contributed by atoms with Crippen molar-refractivity contribution >= 4 is 29.5 Å². The summed E-state index contributed by atoms with van der Waals surface area (Å²) in [6.45, 7) is 0. The van der Waals surface area contributed by atoms with Gasteiger partial charge < -0.3 is 16.2 Å². The van der Waals surface area contributed by atoms with Crippen LogP contribution in [0.1, 0.15) is 5.56 Å². The second-order valence-corrected chi connectivity index (χ2v) is 3.70. The summed E-state index contributed by atoms with van der Waals surface area (Å²) in [5.74, 6) is -0.479. The molecule has 0 atom stereocenters. The van der Waals surface area contributed by atoms with Crippen molar-refractivity contribution in [3.63, 3.8) is 0 Å². The van der Waals surface area contributed by atoms with Gasteiger partial charge in [0.05, 0.1) is 0 Å². The van der Waals surface area contributed by atoms with Gasteiger partial charge in [0.2, 0.25) is 5.95 Å². The fraction of sp³-hybridized carbons (Fsp3) is 0. The van der Waals surface area contributed by atoms with Crippen LogP contribution in [-0.4, -0.2) is 21.0 Å². The zero-order valence-electron chi connectivity index (χ0n) is 9.95. The molecule has 0 spiro atoms. The summed E-state index contributed by atoms with van der Waals surface area (Å²) < 4.78 is 0. The molecule has 0 bridgehead atoms. The van der Waals surface area contributed by atoms with E-state index in [1.54, 1.807) is 0 Å². The van der Waals surface area contributed by atoms with Gasteiger partial charge in [0.25, 0.3) is 0 Å². The topological polar surface area (TPSA) is 101 Å². The first-order chi connectivity index (χ1) is 9.15. The van der Waals surface area contributed by atoms with Crippen LogP contribution in [0.25, 0.3) is 6.08 Å². The van der Waals surface area contributed by atoms with Crippen molar-refractivity contribution in [3.05, 3.63) is 48.2 Å². The quantitative estimate of drug-likeness (QED) is 0.722. The van der Waals surface area contributed by atoms with Crippen LogP contribution < -0.4 is 11.1 Å². The smallest absolute Gasteiger partial charge is 0.328 e. The lowest BCUT2D eigenvalue weighted by Gasteiger charge is -2.06. The first kappa shape index (κ1) is 12.6. The van der Waals surface area contributed by atoms with Gasteiger partial charge in [-0.1, -0.05) is 18.2 Å². The van der Waals surface area contributed by atoms with Crippen molar-refractivity contribution in [2.24, 2.45) is 0 Å². The normalized spacial score (nSPS) is 10.5. The molecular weight excluding hydrogens is 244 g/mol. The van der Waals surface area contributed by atoms with Crippen molar-refractivity contribution in [2.45, 2.75) is 0 Å². The van der Waals surface area contributed by atoms with E-state index in [-0.39, 0.29) is 5.82 Å². The number of carbonyl (C=O) groups is 1. The molecule has 96 valence electrons. The Morgan fingerprint density at radius 2 is 2.05 bits per heavy atom. The maximum absolute atomic E-state index is 10.4. The van der Waals surface area contributed by atoms with Gasteiger partial charge in [0, 0.05) is 23.5 Å². The van der Waals surface area contributed by atoms with Gasteiger partial charge in [0.1, 0.15) is 5.82 Å². The third-order valence-electron chi connectivity index (χ3n) is 2.28. The Balaban J connectivity index is 2.17. The minimum absolute atomic E-state index is 0.214. The number of aromatic nitrogens is 2. The Hall–Kier alpha value is -2.89. The molecule has 4 N–H and O–H groups in total. The molecule has 1 heterocycles. The summed E-state index contributed by atoms with van der Waals surface area (Å²) in [7, 11) is 0. The predicted octanol–water partition coefficient (Wildman–Crippen LogP) is 1.90. The molecular formula is C13H12N4O2. The van der Waals surface area contributed by atoms with E-state index in [9.17, 15) is 4.79 Å². The lowest BCUT2D eigenvalue weighted by Crippen LogP contribution is -2.02. The molecule has 0 saturated heterocycles. The number of rotatable bonds is 4. The molecule has 0 aliphatic carbocycles. The second-order valence-electron chi connectivity index (χ2n) is 3.70. The molecule has 2 rings (SSSR count). The molecule has 0 aliphatic heterocycles. The summed E-state index contributed by atoms with van der Waals surface area (Å²) in [4.78, 5) is 18.5. The standard InChI is InChI=1S/C13H12N4O2/c14-12-9(6-7-11(18)19)8-15-13(17-12)16-10-4-2-1-3-5-10/h1-8H,(H,18,19)(H3,14,15,16,17)/b7-6+. The molecule has 0 aliphatic rings. The average molecular weight is 256 g/mol. The fourth-order valence-corrected chi connectivity index (χ4v) is 1.40. The number of nitrogens with two attached hydrogens (primary N) is 1. The summed E-state index contributed by atoms with van der Waals surface area (Å²) in [5.41, 5.74) is 7.03. The number of nitrogen functional groups attached to an aromatic ring is 1. The van der Waals surface area contributed by atoms with Crippen molar-refractivity contribution in [2.75, 3.05) is 11.1 Å². The number of aliphatic carboxylic acids is 1. The Morgan fingerprint density at radius 3 is 2.68 bits per heavy atom. The van der Waals surface area contributed by atoms with Gasteiger partial charge in [0.15, 0.2) is 0 Å². The van der Waals surface area contributed by atoms with Gasteiger partial charge in [-0.2, -0.15) is 4.98 Å². The molecule has 6 heteroatoms. The number of anilines is 3. The molecule has 0 unspecified atom stereocenters. The Morgan fingerprint density at radius 1 is 1.32 bits per heavy atom. The third kappa shape index (κ3) is 3.53. The number of benzene rings is 1. The number of hydrogen-bond donors (Lipinski definition) is 3. The Bertz CT molecular complexity index is 611. The van der Waals surface area contributed by atoms with E-state index >= 15 is 0 Å². The highest BCUT2D eigenvalue weighted by Crippen LogP contribution is 2.15. The molecule has 0 saturated carbocycles. The van der Waals surface area contributed by atoms with Crippen LogP contribution in [0.5, 0.6) is 0 Å². The van der Waals surface area contributed by atoms with Crippen molar-refractivity contribution in [1.82, 2.24) is 9.97 Å². The van der Waals surface area contributed by atoms with Crippen molar-refractivity contribution in [1.29, 1.82) is 0 Å². The van der Waals surface area contributed by atoms with Gasteiger partial charge >= 0.3 is 5.97 Å². The number of nitrogens with zero attached hydrogens (tertiary/aromatic N) is 2. The second kappa shape index (κ2) is 5.63. The van der Waals surface area contributed by atoms with Gasteiger partial charge in [-0.05, 0) is 18.2 Å². The van der Waals surface area contributed by atoms with Crippen LogP contribution in [0.4, 0.5) is 17.5 Å². The van der Waals surface area contributed by atoms with Crippen molar-refractivity contribution < 1.29 is 9.90 Å². The highest BCUT2D eigenvalue weighted by molar-refractivity contribution is 5.86. The Labute approximate surface area is 109 Å². The molecule has 1 aromatic heterocycles. The van der Waals surface area contributed by atoms with Gasteiger partial charge in [-0.25, -0.2) is 9.78 Å². The van der Waals surface area contributed by atoms with Crippen LogP contribution in [0.3, 0.4) is 0 Å². The fourth-order valence-electron chi connectivity index (χ4n) is 1.40. The number of para-hydroxylation sites is 1. The molecule has 0 radical (unpaired) electrons. The highest BCUT2D eigenvalue weighted by atomic mass is 16.4. The average Bonchev–Trinajstić information content (AvgIpc) is 2.39. The van der Waals surface area contributed by atoms with Crippen LogP contribution in [0, 0.1) is 0 Å².